The zero-order chi connectivity index (χ0) is 10.1. The molecule has 1 heterocycles. The standard InChI is InChI=1S/C5H3Cl3N2O2S/c6-4-3(1-13(8,11)12)5(7)10-2-9-4/h2H,1H2. The molecule has 13 heavy (non-hydrogen) atoms. The first-order valence-electron chi connectivity index (χ1n) is 2.97. The second-order valence-corrected chi connectivity index (χ2v) is 5.61. The Labute approximate surface area is 89.3 Å². The Bertz CT molecular complexity index is 400. The summed E-state index contributed by atoms with van der Waals surface area (Å²) in [6, 6.07) is 0. The highest BCUT2D eigenvalue weighted by Crippen LogP contribution is 2.23. The molecule has 0 bridgehead atoms. The van der Waals surface area contributed by atoms with Crippen molar-refractivity contribution in [2.75, 3.05) is 0 Å². The van der Waals surface area contributed by atoms with Gasteiger partial charge in [0, 0.05) is 16.2 Å². The van der Waals surface area contributed by atoms with E-state index in [9.17, 15) is 8.42 Å². The van der Waals surface area contributed by atoms with Crippen molar-refractivity contribution in [2.24, 2.45) is 0 Å². The van der Waals surface area contributed by atoms with Gasteiger partial charge in [-0.1, -0.05) is 23.2 Å². The molecule has 0 saturated carbocycles. The van der Waals surface area contributed by atoms with Gasteiger partial charge < -0.3 is 0 Å². The average molecular weight is 262 g/mol. The molecular weight excluding hydrogens is 258 g/mol. The monoisotopic (exact) mass is 260 g/mol. The molecule has 4 nitrogen and oxygen atoms in total. The largest absolute Gasteiger partial charge is 0.236 e. The molecule has 0 saturated heterocycles. The minimum absolute atomic E-state index is 0.00998. The lowest BCUT2D eigenvalue weighted by Crippen LogP contribution is -1.99. The van der Waals surface area contributed by atoms with Crippen LogP contribution >= 0.6 is 33.9 Å². The third-order valence-electron chi connectivity index (χ3n) is 1.16. The summed E-state index contributed by atoms with van der Waals surface area (Å²) in [5, 5.41) is -0.0200. The molecule has 0 fully saturated rings. The van der Waals surface area contributed by atoms with E-state index in [0.717, 1.165) is 6.33 Å². The van der Waals surface area contributed by atoms with Gasteiger partial charge in [0.1, 0.15) is 16.6 Å². The highest BCUT2D eigenvalue weighted by molar-refractivity contribution is 8.13. The molecule has 0 aliphatic rings. The maximum absolute atomic E-state index is 10.7. The van der Waals surface area contributed by atoms with Gasteiger partial charge in [-0.3, -0.25) is 0 Å². The number of nitrogens with zero attached hydrogens (tertiary/aromatic N) is 2. The van der Waals surface area contributed by atoms with E-state index in [4.69, 9.17) is 33.9 Å². The van der Waals surface area contributed by atoms with Crippen LogP contribution in [0, 0.1) is 0 Å². The normalized spacial score (nSPS) is 11.6. The molecule has 0 aliphatic heterocycles. The zero-order valence-electron chi connectivity index (χ0n) is 6.04. The molecular formula is C5H3Cl3N2O2S. The lowest BCUT2D eigenvalue weighted by Gasteiger charge is -2.01. The van der Waals surface area contributed by atoms with E-state index in [1.165, 1.54) is 0 Å². The molecule has 0 unspecified atom stereocenters. The molecule has 0 aromatic carbocycles. The van der Waals surface area contributed by atoms with Crippen molar-refractivity contribution < 1.29 is 8.42 Å². The third kappa shape index (κ3) is 3.27. The van der Waals surface area contributed by atoms with Crippen molar-refractivity contribution in [2.45, 2.75) is 5.75 Å². The van der Waals surface area contributed by atoms with Gasteiger partial charge in [-0.2, -0.15) is 0 Å². The zero-order valence-corrected chi connectivity index (χ0v) is 9.12. The second-order valence-electron chi connectivity index (χ2n) is 2.12. The Kier molecular flexibility index (Phi) is 3.34. The topological polar surface area (TPSA) is 59.9 Å². The molecule has 1 aromatic heterocycles. The smallest absolute Gasteiger partial charge is 0.224 e. The summed E-state index contributed by atoms with van der Waals surface area (Å²) in [6.07, 6.45) is 1.13. The Hall–Kier alpha value is -0.100. The summed E-state index contributed by atoms with van der Waals surface area (Å²) in [5.41, 5.74) is 0.112. The van der Waals surface area contributed by atoms with Crippen LogP contribution in [-0.2, 0) is 14.8 Å². The van der Waals surface area contributed by atoms with Gasteiger partial charge in [0.2, 0.25) is 9.05 Å². The van der Waals surface area contributed by atoms with Crippen LogP contribution in [0.3, 0.4) is 0 Å². The maximum Gasteiger partial charge on any atom is 0.236 e. The van der Waals surface area contributed by atoms with Crippen LogP contribution in [0.2, 0.25) is 10.3 Å². The lowest BCUT2D eigenvalue weighted by molar-refractivity contribution is 0.608. The van der Waals surface area contributed by atoms with Crippen LogP contribution < -0.4 is 0 Å². The van der Waals surface area contributed by atoms with Crippen LogP contribution in [-0.4, -0.2) is 18.4 Å². The van der Waals surface area contributed by atoms with Crippen LogP contribution in [0.25, 0.3) is 0 Å². The van der Waals surface area contributed by atoms with Gasteiger partial charge in [-0.05, 0) is 0 Å². The Morgan fingerprint density at radius 3 is 2.08 bits per heavy atom. The first kappa shape index (κ1) is 11.0. The molecule has 0 amide bonds. The fraction of sp³-hybridized carbons (Fsp3) is 0.200. The molecule has 1 rings (SSSR count). The quantitative estimate of drug-likeness (QED) is 0.602. The molecule has 72 valence electrons. The van der Waals surface area contributed by atoms with Crippen molar-refractivity contribution in [3.63, 3.8) is 0 Å². The van der Waals surface area contributed by atoms with Crippen LogP contribution in [0.4, 0.5) is 0 Å². The summed E-state index contributed by atoms with van der Waals surface area (Å²) in [6.45, 7) is 0. The summed E-state index contributed by atoms with van der Waals surface area (Å²) in [7, 11) is 1.31. The Balaban J connectivity index is 3.15. The summed E-state index contributed by atoms with van der Waals surface area (Å²) in [5.74, 6) is -0.479. The molecule has 1 aromatic rings. The number of aromatic nitrogens is 2. The van der Waals surface area contributed by atoms with Crippen LogP contribution in [0.5, 0.6) is 0 Å². The SMILES string of the molecule is O=S(=O)(Cl)Cc1c(Cl)ncnc1Cl. The minimum Gasteiger partial charge on any atom is -0.224 e. The molecule has 8 heteroatoms. The van der Waals surface area contributed by atoms with Gasteiger partial charge in [0.15, 0.2) is 0 Å². The average Bonchev–Trinajstić information content (AvgIpc) is 1.95. The van der Waals surface area contributed by atoms with E-state index < -0.39 is 14.8 Å². The van der Waals surface area contributed by atoms with Crippen molar-refractivity contribution in [3.8, 4) is 0 Å². The highest BCUT2D eigenvalue weighted by atomic mass is 35.7. The second kappa shape index (κ2) is 3.96. The van der Waals surface area contributed by atoms with Crippen LogP contribution in [0.15, 0.2) is 6.33 Å². The first-order valence-corrected chi connectivity index (χ1v) is 6.21. The van der Waals surface area contributed by atoms with Crippen molar-refractivity contribution in [1.82, 2.24) is 9.97 Å². The molecule has 0 N–H and O–H groups in total. The molecule has 0 radical (unpaired) electrons. The van der Waals surface area contributed by atoms with Crippen molar-refractivity contribution in [3.05, 3.63) is 22.2 Å². The first-order chi connectivity index (χ1) is 5.90. The van der Waals surface area contributed by atoms with E-state index in [1.54, 1.807) is 0 Å². The summed E-state index contributed by atoms with van der Waals surface area (Å²) >= 11 is 11.2. The molecule has 0 aliphatic carbocycles. The van der Waals surface area contributed by atoms with E-state index >= 15 is 0 Å². The predicted octanol–water partition coefficient (Wildman–Crippen LogP) is 1.85. The Morgan fingerprint density at radius 1 is 1.23 bits per heavy atom. The lowest BCUT2D eigenvalue weighted by atomic mass is 10.4. The predicted molar refractivity (Wildman–Crippen MR) is 50.5 cm³/mol. The van der Waals surface area contributed by atoms with Gasteiger partial charge in [-0.25, -0.2) is 18.4 Å². The minimum atomic E-state index is -3.70. The summed E-state index contributed by atoms with van der Waals surface area (Å²) < 4.78 is 21.4. The number of rotatable bonds is 2. The van der Waals surface area contributed by atoms with E-state index in [-0.39, 0.29) is 15.9 Å². The van der Waals surface area contributed by atoms with Gasteiger partial charge in [-0.15, -0.1) is 0 Å². The van der Waals surface area contributed by atoms with Crippen molar-refractivity contribution >= 4 is 42.9 Å². The van der Waals surface area contributed by atoms with Gasteiger partial charge in [0.25, 0.3) is 0 Å². The highest BCUT2D eigenvalue weighted by Gasteiger charge is 2.15. The van der Waals surface area contributed by atoms with E-state index in [1.807, 2.05) is 0 Å². The van der Waals surface area contributed by atoms with Crippen molar-refractivity contribution in [1.29, 1.82) is 0 Å². The van der Waals surface area contributed by atoms with E-state index in [0.29, 0.717) is 0 Å². The Morgan fingerprint density at radius 2 is 1.69 bits per heavy atom. The number of hydrogen-bond donors (Lipinski definition) is 0. The van der Waals surface area contributed by atoms with Gasteiger partial charge in [0.05, 0.1) is 5.75 Å². The molecule has 0 atom stereocenters. The molecule has 0 spiro atoms. The number of halogens is 3. The fourth-order valence-corrected chi connectivity index (χ4v) is 2.22. The van der Waals surface area contributed by atoms with E-state index in [2.05, 4.69) is 9.97 Å². The van der Waals surface area contributed by atoms with Gasteiger partial charge >= 0.3 is 0 Å². The van der Waals surface area contributed by atoms with Crippen LogP contribution in [0.1, 0.15) is 5.56 Å². The summed E-state index contributed by atoms with van der Waals surface area (Å²) in [4.78, 5) is 7.14. The fourth-order valence-electron chi connectivity index (χ4n) is 0.663. The maximum atomic E-state index is 10.7. The third-order valence-corrected chi connectivity index (χ3v) is 2.77. The number of hydrogen-bond acceptors (Lipinski definition) is 4.